The van der Waals surface area contributed by atoms with E-state index in [1.54, 1.807) is 6.07 Å². The lowest BCUT2D eigenvalue weighted by Gasteiger charge is -2.07. The molecule has 0 spiro atoms. The summed E-state index contributed by atoms with van der Waals surface area (Å²) in [5.74, 6) is 2.05. The molecule has 0 unspecified atom stereocenters. The predicted molar refractivity (Wildman–Crippen MR) is 82.8 cm³/mol. The zero-order valence-corrected chi connectivity index (χ0v) is 11.2. The van der Waals surface area contributed by atoms with Crippen molar-refractivity contribution in [2.75, 3.05) is 11.5 Å². The van der Waals surface area contributed by atoms with Crippen LogP contribution >= 0.6 is 0 Å². The van der Waals surface area contributed by atoms with Crippen molar-refractivity contribution in [2.45, 2.75) is 0 Å². The third-order valence-electron chi connectivity index (χ3n) is 2.89. The van der Waals surface area contributed by atoms with Gasteiger partial charge >= 0.3 is 0 Å². The monoisotopic (exact) mass is 278 g/mol. The normalized spacial score (nSPS) is 10.3. The smallest absolute Gasteiger partial charge is 0.222 e. The lowest BCUT2D eigenvalue weighted by Crippen LogP contribution is -2.00. The van der Waals surface area contributed by atoms with Crippen molar-refractivity contribution >= 4 is 11.8 Å². The topological polar surface area (TPSA) is 87.0 Å². The lowest BCUT2D eigenvalue weighted by molar-refractivity contribution is 0.483. The maximum Gasteiger partial charge on any atom is 0.222 e. The van der Waals surface area contributed by atoms with E-state index in [9.17, 15) is 0 Å². The van der Waals surface area contributed by atoms with Crippen molar-refractivity contribution < 1.29 is 4.74 Å². The van der Waals surface area contributed by atoms with Crippen molar-refractivity contribution in [3.05, 3.63) is 60.7 Å². The molecular weight excluding hydrogens is 264 g/mol. The number of benzene rings is 2. The van der Waals surface area contributed by atoms with E-state index in [1.807, 2.05) is 54.6 Å². The standard InChI is InChI=1S/C16H14N4O/c17-15-10-14(19-16(18)20-15)11-6-8-13(9-7-11)21-12-4-2-1-3-5-12/h1-10H,(H4,17,18,19,20). The van der Waals surface area contributed by atoms with Crippen LogP contribution in [0.4, 0.5) is 11.8 Å². The first-order valence-electron chi connectivity index (χ1n) is 6.44. The lowest BCUT2D eigenvalue weighted by atomic mass is 10.1. The number of hydrogen-bond donors (Lipinski definition) is 2. The van der Waals surface area contributed by atoms with E-state index in [2.05, 4.69) is 9.97 Å². The molecule has 0 radical (unpaired) electrons. The SMILES string of the molecule is Nc1cc(-c2ccc(Oc3ccccc3)cc2)nc(N)n1. The molecule has 0 atom stereocenters. The Morgan fingerprint density at radius 2 is 1.43 bits per heavy atom. The van der Waals surface area contributed by atoms with E-state index >= 15 is 0 Å². The molecule has 5 heteroatoms. The number of ether oxygens (including phenoxy) is 1. The maximum atomic E-state index is 5.73. The number of nitrogens with two attached hydrogens (primary N) is 2. The van der Waals surface area contributed by atoms with Crippen molar-refractivity contribution in [3.8, 4) is 22.8 Å². The van der Waals surface area contributed by atoms with Crippen LogP contribution in [0.2, 0.25) is 0 Å². The highest BCUT2D eigenvalue weighted by Crippen LogP contribution is 2.25. The number of aromatic nitrogens is 2. The minimum Gasteiger partial charge on any atom is -0.457 e. The molecule has 0 amide bonds. The van der Waals surface area contributed by atoms with Crippen molar-refractivity contribution in [1.29, 1.82) is 0 Å². The summed E-state index contributed by atoms with van der Waals surface area (Å²) in [6.07, 6.45) is 0. The summed E-state index contributed by atoms with van der Waals surface area (Å²) >= 11 is 0. The third-order valence-corrected chi connectivity index (χ3v) is 2.89. The van der Waals surface area contributed by atoms with E-state index in [1.165, 1.54) is 0 Å². The molecule has 0 aliphatic rings. The van der Waals surface area contributed by atoms with Gasteiger partial charge in [0.1, 0.15) is 17.3 Å². The van der Waals surface area contributed by atoms with Gasteiger partial charge < -0.3 is 16.2 Å². The Bertz CT molecular complexity index is 722. The molecule has 0 bridgehead atoms. The molecule has 0 saturated carbocycles. The molecule has 0 aliphatic heterocycles. The number of rotatable bonds is 3. The molecule has 21 heavy (non-hydrogen) atoms. The van der Waals surface area contributed by atoms with Crippen LogP contribution in [-0.4, -0.2) is 9.97 Å². The van der Waals surface area contributed by atoms with Crippen LogP contribution in [0.25, 0.3) is 11.3 Å². The van der Waals surface area contributed by atoms with Crippen LogP contribution in [0.15, 0.2) is 60.7 Å². The van der Waals surface area contributed by atoms with Gasteiger partial charge in [-0.3, -0.25) is 0 Å². The van der Waals surface area contributed by atoms with Gasteiger partial charge in [-0.25, -0.2) is 4.98 Å². The summed E-state index contributed by atoms with van der Waals surface area (Å²) in [7, 11) is 0. The van der Waals surface area contributed by atoms with Gasteiger partial charge in [0, 0.05) is 11.6 Å². The van der Waals surface area contributed by atoms with Gasteiger partial charge in [-0.15, -0.1) is 0 Å². The third kappa shape index (κ3) is 3.09. The van der Waals surface area contributed by atoms with Crippen LogP contribution < -0.4 is 16.2 Å². The Labute approximate surface area is 122 Å². The van der Waals surface area contributed by atoms with E-state index < -0.39 is 0 Å². The Morgan fingerprint density at radius 3 is 2.10 bits per heavy atom. The molecule has 104 valence electrons. The predicted octanol–water partition coefficient (Wildman–Crippen LogP) is 3.10. The van der Waals surface area contributed by atoms with E-state index in [0.29, 0.717) is 11.5 Å². The molecule has 5 nitrogen and oxygen atoms in total. The molecule has 0 aliphatic carbocycles. The summed E-state index contributed by atoms with van der Waals surface area (Å²) in [5.41, 5.74) is 12.9. The van der Waals surface area contributed by atoms with Gasteiger partial charge in [0.25, 0.3) is 0 Å². The molecule has 1 aromatic heterocycles. The zero-order valence-electron chi connectivity index (χ0n) is 11.2. The molecular formula is C16H14N4O. The molecule has 2 aromatic carbocycles. The average molecular weight is 278 g/mol. The van der Waals surface area contributed by atoms with Gasteiger partial charge in [0.05, 0.1) is 5.69 Å². The summed E-state index contributed by atoms with van der Waals surface area (Å²) in [5, 5.41) is 0. The van der Waals surface area contributed by atoms with Crippen LogP contribution in [-0.2, 0) is 0 Å². The summed E-state index contributed by atoms with van der Waals surface area (Å²) in [4.78, 5) is 8.02. The Kier molecular flexibility index (Phi) is 3.39. The first-order valence-corrected chi connectivity index (χ1v) is 6.44. The number of para-hydroxylation sites is 1. The first kappa shape index (κ1) is 12.9. The highest BCUT2D eigenvalue weighted by molar-refractivity contribution is 5.64. The highest BCUT2D eigenvalue weighted by Gasteiger charge is 2.04. The van der Waals surface area contributed by atoms with Gasteiger partial charge in [0.15, 0.2) is 0 Å². The Hall–Kier alpha value is -3.08. The molecule has 4 N–H and O–H groups in total. The van der Waals surface area contributed by atoms with Crippen molar-refractivity contribution in [2.24, 2.45) is 0 Å². The number of hydrogen-bond acceptors (Lipinski definition) is 5. The van der Waals surface area contributed by atoms with Gasteiger partial charge in [-0.2, -0.15) is 4.98 Å². The number of nitrogen functional groups attached to an aromatic ring is 2. The van der Waals surface area contributed by atoms with E-state index in [4.69, 9.17) is 16.2 Å². The molecule has 0 saturated heterocycles. The van der Waals surface area contributed by atoms with Crippen LogP contribution in [0.3, 0.4) is 0 Å². The van der Waals surface area contributed by atoms with Crippen molar-refractivity contribution in [3.63, 3.8) is 0 Å². The van der Waals surface area contributed by atoms with Crippen LogP contribution in [0.5, 0.6) is 11.5 Å². The minimum atomic E-state index is 0.162. The number of nitrogens with zero attached hydrogens (tertiary/aromatic N) is 2. The molecule has 3 rings (SSSR count). The van der Waals surface area contributed by atoms with Crippen LogP contribution in [0, 0.1) is 0 Å². The minimum absolute atomic E-state index is 0.162. The largest absolute Gasteiger partial charge is 0.457 e. The van der Waals surface area contributed by atoms with Gasteiger partial charge in [-0.1, -0.05) is 18.2 Å². The zero-order chi connectivity index (χ0) is 14.7. The molecule has 0 fully saturated rings. The van der Waals surface area contributed by atoms with E-state index in [-0.39, 0.29) is 5.95 Å². The summed E-state index contributed by atoms with van der Waals surface area (Å²) < 4.78 is 5.73. The van der Waals surface area contributed by atoms with Gasteiger partial charge in [0.2, 0.25) is 5.95 Å². The van der Waals surface area contributed by atoms with E-state index in [0.717, 1.165) is 17.1 Å². The van der Waals surface area contributed by atoms with Crippen molar-refractivity contribution in [1.82, 2.24) is 9.97 Å². The maximum absolute atomic E-state index is 5.73. The highest BCUT2D eigenvalue weighted by atomic mass is 16.5. The fraction of sp³-hybridized carbons (Fsp3) is 0. The Morgan fingerprint density at radius 1 is 0.762 bits per heavy atom. The van der Waals surface area contributed by atoms with Gasteiger partial charge in [-0.05, 0) is 36.4 Å². The summed E-state index contributed by atoms with van der Waals surface area (Å²) in [6.45, 7) is 0. The molecule has 1 heterocycles. The second-order valence-corrected chi connectivity index (χ2v) is 4.48. The fourth-order valence-corrected chi connectivity index (χ4v) is 1.95. The molecule has 3 aromatic rings. The fourth-order valence-electron chi connectivity index (χ4n) is 1.95. The second-order valence-electron chi connectivity index (χ2n) is 4.48. The Balaban J connectivity index is 1.84. The quantitative estimate of drug-likeness (QED) is 0.768. The average Bonchev–Trinajstić information content (AvgIpc) is 2.48. The summed E-state index contributed by atoms with van der Waals surface area (Å²) in [6, 6.07) is 18.8. The second kappa shape index (κ2) is 5.50. The number of anilines is 2. The van der Waals surface area contributed by atoms with Crippen LogP contribution in [0.1, 0.15) is 0 Å². The first-order chi connectivity index (χ1) is 10.2.